The highest BCUT2D eigenvalue weighted by atomic mass is 16.6. The van der Waals surface area contributed by atoms with Crippen molar-refractivity contribution in [3.05, 3.63) is 0 Å². The van der Waals surface area contributed by atoms with Gasteiger partial charge in [0.05, 0.1) is 0 Å². The van der Waals surface area contributed by atoms with Crippen LogP contribution < -0.4 is 0 Å². The number of hydrogen-bond donors (Lipinski definition) is 5. The van der Waals surface area contributed by atoms with Crippen molar-refractivity contribution in [2.24, 2.45) is 0 Å². The van der Waals surface area contributed by atoms with Gasteiger partial charge < -0.3 is 30.3 Å². The Hall–Kier alpha value is -0.730. The molecule has 7 heteroatoms. The van der Waals surface area contributed by atoms with Crippen LogP contribution in [0.3, 0.4) is 0 Å². The first-order chi connectivity index (χ1) is 5.91. The fraction of sp³-hybridized carbons (Fsp3) is 0.833. The molecule has 0 aromatic heterocycles. The number of aliphatic carboxylic acids is 1. The van der Waals surface area contributed by atoms with E-state index in [-0.39, 0.29) is 0 Å². The van der Waals surface area contributed by atoms with Gasteiger partial charge in [-0.15, -0.1) is 0 Å². The van der Waals surface area contributed by atoms with E-state index in [1.54, 1.807) is 0 Å². The van der Waals surface area contributed by atoms with Gasteiger partial charge in [0.2, 0.25) is 0 Å². The van der Waals surface area contributed by atoms with Crippen molar-refractivity contribution in [1.82, 2.24) is 0 Å². The number of carbonyl (C=O) groups is 1. The van der Waals surface area contributed by atoms with Gasteiger partial charge in [-0.3, -0.25) is 0 Å². The van der Waals surface area contributed by atoms with E-state index in [2.05, 4.69) is 4.74 Å². The molecular formula is C6H12O7. The molecule has 0 fully saturated rings. The SMILES string of the molecule is COC(O)C(O)C(O)C(O)C(=O)O. The van der Waals surface area contributed by atoms with Crippen molar-refractivity contribution in [2.75, 3.05) is 7.11 Å². The van der Waals surface area contributed by atoms with E-state index in [4.69, 9.17) is 25.5 Å². The number of carboxylic acid groups (broad SMARTS) is 1. The maximum Gasteiger partial charge on any atom is 0.335 e. The maximum atomic E-state index is 10.1. The minimum atomic E-state index is -2.17. The molecule has 4 atom stereocenters. The van der Waals surface area contributed by atoms with E-state index in [0.29, 0.717) is 0 Å². The molecule has 0 aliphatic heterocycles. The van der Waals surface area contributed by atoms with Crippen LogP contribution in [-0.4, -0.2) is 63.2 Å². The van der Waals surface area contributed by atoms with Gasteiger partial charge in [0.15, 0.2) is 12.4 Å². The molecule has 0 spiro atoms. The minimum Gasteiger partial charge on any atom is -0.479 e. The van der Waals surface area contributed by atoms with Gasteiger partial charge in [-0.1, -0.05) is 0 Å². The van der Waals surface area contributed by atoms with Crippen molar-refractivity contribution in [3.8, 4) is 0 Å². The van der Waals surface area contributed by atoms with Crippen LogP contribution in [0.15, 0.2) is 0 Å². The van der Waals surface area contributed by atoms with Gasteiger partial charge in [-0.25, -0.2) is 4.79 Å². The second kappa shape index (κ2) is 5.10. The van der Waals surface area contributed by atoms with Crippen LogP contribution in [-0.2, 0) is 9.53 Å². The van der Waals surface area contributed by atoms with E-state index in [0.717, 1.165) is 7.11 Å². The van der Waals surface area contributed by atoms with E-state index < -0.39 is 30.6 Å². The fourth-order valence-electron chi connectivity index (χ4n) is 0.641. The van der Waals surface area contributed by atoms with Crippen molar-refractivity contribution >= 4 is 5.97 Å². The largest absolute Gasteiger partial charge is 0.479 e. The van der Waals surface area contributed by atoms with E-state index in [1.807, 2.05) is 0 Å². The molecule has 0 saturated carbocycles. The standard InChI is InChI=1S/C6H12O7/c1-13-6(12)4(9)2(7)3(8)5(10)11/h2-4,6-9,12H,1H3,(H,10,11). The summed E-state index contributed by atoms with van der Waals surface area (Å²) in [5.41, 5.74) is 0. The smallest absolute Gasteiger partial charge is 0.335 e. The summed E-state index contributed by atoms with van der Waals surface area (Å²) in [7, 11) is 1.05. The van der Waals surface area contributed by atoms with E-state index in [1.165, 1.54) is 0 Å². The summed E-state index contributed by atoms with van der Waals surface area (Å²) in [6, 6.07) is 0. The monoisotopic (exact) mass is 196 g/mol. The van der Waals surface area contributed by atoms with Crippen LogP contribution in [0.25, 0.3) is 0 Å². The average molecular weight is 196 g/mol. The molecular weight excluding hydrogens is 184 g/mol. The van der Waals surface area contributed by atoms with Gasteiger partial charge >= 0.3 is 5.97 Å². The Morgan fingerprint density at radius 3 is 1.92 bits per heavy atom. The number of aliphatic hydroxyl groups excluding tert-OH is 4. The summed E-state index contributed by atoms with van der Waals surface area (Å²) < 4.78 is 4.20. The highest BCUT2D eigenvalue weighted by molar-refractivity contribution is 5.72. The first-order valence-electron chi connectivity index (χ1n) is 3.39. The molecule has 5 N–H and O–H groups in total. The molecule has 0 amide bonds. The second-order valence-corrected chi connectivity index (χ2v) is 2.39. The number of rotatable bonds is 5. The van der Waals surface area contributed by atoms with Crippen molar-refractivity contribution in [1.29, 1.82) is 0 Å². The Balaban J connectivity index is 4.24. The highest BCUT2D eigenvalue weighted by Gasteiger charge is 2.34. The lowest BCUT2D eigenvalue weighted by atomic mass is 10.1. The molecule has 0 saturated heterocycles. The molecule has 0 aromatic rings. The Kier molecular flexibility index (Phi) is 4.81. The zero-order valence-electron chi connectivity index (χ0n) is 6.86. The van der Waals surface area contributed by atoms with Crippen LogP contribution in [0.2, 0.25) is 0 Å². The maximum absolute atomic E-state index is 10.1. The molecule has 0 rings (SSSR count). The Morgan fingerprint density at radius 1 is 1.15 bits per heavy atom. The van der Waals surface area contributed by atoms with Gasteiger partial charge in [0.1, 0.15) is 12.2 Å². The highest BCUT2D eigenvalue weighted by Crippen LogP contribution is 2.05. The lowest BCUT2D eigenvalue weighted by molar-refractivity contribution is -0.196. The molecule has 0 bridgehead atoms. The van der Waals surface area contributed by atoms with Crippen LogP contribution >= 0.6 is 0 Å². The third kappa shape index (κ3) is 3.25. The zero-order chi connectivity index (χ0) is 10.6. The van der Waals surface area contributed by atoms with Gasteiger partial charge in [-0.2, -0.15) is 0 Å². The summed E-state index contributed by atoms with van der Waals surface area (Å²) in [5, 5.41) is 43.6. The van der Waals surface area contributed by atoms with Crippen LogP contribution in [0, 0.1) is 0 Å². The predicted molar refractivity (Wildman–Crippen MR) is 38.7 cm³/mol. The Morgan fingerprint density at radius 2 is 1.62 bits per heavy atom. The third-order valence-corrected chi connectivity index (χ3v) is 1.46. The summed E-state index contributed by atoms with van der Waals surface area (Å²) in [5.74, 6) is -1.70. The van der Waals surface area contributed by atoms with Gasteiger partial charge in [0, 0.05) is 7.11 Å². The van der Waals surface area contributed by atoms with Crippen molar-refractivity contribution in [3.63, 3.8) is 0 Å². The average Bonchev–Trinajstić information content (AvgIpc) is 2.12. The molecule has 13 heavy (non-hydrogen) atoms. The van der Waals surface area contributed by atoms with Crippen molar-refractivity contribution < 1.29 is 35.1 Å². The number of hydrogen-bond acceptors (Lipinski definition) is 6. The van der Waals surface area contributed by atoms with E-state index >= 15 is 0 Å². The number of aliphatic hydroxyl groups is 4. The Bertz CT molecular complexity index is 170. The van der Waals surface area contributed by atoms with Gasteiger partial charge in [0.25, 0.3) is 0 Å². The fourth-order valence-corrected chi connectivity index (χ4v) is 0.641. The Labute approximate surface area is 73.8 Å². The topological polar surface area (TPSA) is 127 Å². The second-order valence-electron chi connectivity index (χ2n) is 2.39. The quantitative estimate of drug-likeness (QED) is 0.299. The molecule has 0 radical (unpaired) electrons. The normalized spacial score (nSPS) is 20.4. The zero-order valence-corrected chi connectivity index (χ0v) is 6.86. The number of methoxy groups -OCH3 is 1. The molecule has 7 nitrogen and oxygen atoms in total. The lowest BCUT2D eigenvalue weighted by Crippen LogP contribution is -2.48. The van der Waals surface area contributed by atoms with Gasteiger partial charge in [-0.05, 0) is 0 Å². The lowest BCUT2D eigenvalue weighted by Gasteiger charge is -2.23. The molecule has 0 aliphatic carbocycles. The number of ether oxygens (including phenoxy) is 1. The summed E-state index contributed by atoms with van der Waals surface area (Å²) >= 11 is 0. The molecule has 0 aromatic carbocycles. The first kappa shape index (κ1) is 12.3. The summed E-state index contributed by atoms with van der Waals surface area (Å²) in [4.78, 5) is 10.1. The number of carboxylic acids is 1. The molecule has 0 heterocycles. The predicted octanol–water partition coefficient (Wildman–Crippen LogP) is -2.88. The molecule has 0 aliphatic rings. The summed E-state index contributed by atoms with van der Waals surface area (Å²) in [6.45, 7) is 0. The van der Waals surface area contributed by atoms with Crippen LogP contribution in [0.5, 0.6) is 0 Å². The minimum absolute atomic E-state index is 1.05. The first-order valence-corrected chi connectivity index (χ1v) is 3.39. The van der Waals surface area contributed by atoms with E-state index in [9.17, 15) is 4.79 Å². The molecule has 78 valence electrons. The van der Waals surface area contributed by atoms with Crippen LogP contribution in [0.4, 0.5) is 0 Å². The van der Waals surface area contributed by atoms with Crippen molar-refractivity contribution in [2.45, 2.75) is 24.6 Å². The molecule has 4 unspecified atom stereocenters. The third-order valence-electron chi connectivity index (χ3n) is 1.46. The summed E-state index contributed by atoms with van der Waals surface area (Å²) in [6.07, 6.45) is -7.80. The van der Waals surface area contributed by atoms with Crippen LogP contribution in [0.1, 0.15) is 0 Å².